The van der Waals surface area contributed by atoms with Crippen molar-refractivity contribution in [1.82, 2.24) is 9.78 Å². The summed E-state index contributed by atoms with van der Waals surface area (Å²) in [6.45, 7) is 7.63. The Hall–Kier alpha value is -2.51. The molecule has 0 spiro atoms. The molecule has 1 heterocycles. The van der Waals surface area contributed by atoms with Gasteiger partial charge in [0.15, 0.2) is 0 Å². The topological polar surface area (TPSA) is 47.4 Å². The molecule has 0 bridgehead atoms. The van der Waals surface area contributed by atoms with Crippen LogP contribution < -0.4 is 4.90 Å². The Morgan fingerprint density at radius 2 is 1.81 bits per heavy atom. The monoisotopic (exact) mass is 435 g/mol. The molecule has 4 rings (SSSR count). The van der Waals surface area contributed by atoms with Crippen LogP contribution in [0.15, 0.2) is 30.3 Å². The highest BCUT2D eigenvalue weighted by molar-refractivity contribution is 5.96. The van der Waals surface area contributed by atoms with E-state index in [1.165, 1.54) is 4.90 Å². The van der Waals surface area contributed by atoms with Gasteiger partial charge < -0.3 is 4.74 Å². The van der Waals surface area contributed by atoms with E-state index < -0.39 is 29.8 Å². The number of ether oxygens (including phenoxy) is 1. The van der Waals surface area contributed by atoms with Crippen molar-refractivity contribution in [2.75, 3.05) is 4.90 Å². The maximum Gasteiger partial charge on any atom is 0.420 e. The lowest BCUT2D eigenvalue weighted by atomic mass is 9.78. The number of amides is 1. The Morgan fingerprint density at radius 1 is 1.19 bits per heavy atom. The Bertz CT molecular complexity index is 954. The number of anilines is 2. The van der Waals surface area contributed by atoms with Gasteiger partial charge >= 0.3 is 6.09 Å². The highest BCUT2D eigenvalue weighted by Crippen LogP contribution is 2.50. The first-order chi connectivity index (χ1) is 14.5. The molecule has 2 saturated carbocycles. The predicted octanol–water partition coefficient (Wildman–Crippen LogP) is 6.23. The maximum atomic E-state index is 13.6. The number of hydrogen-bond donors (Lipinski definition) is 0. The van der Waals surface area contributed by atoms with Crippen molar-refractivity contribution in [3.63, 3.8) is 0 Å². The molecule has 0 N–H and O–H groups in total. The predicted molar refractivity (Wildman–Crippen MR) is 112 cm³/mol. The molecular formula is C23H28F3N3O2. The van der Waals surface area contributed by atoms with Crippen LogP contribution in [-0.4, -0.2) is 34.1 Å². The number of para-hydroxylation sites is 1. The van der Waals surface area contributed by atoms with Crippen LogP contribution in [0.25, 0.3) is 0 Å². The summed E-state index contributed by atoms with van der Waals surface area (Å²) >= 11 is 0. The van der Waals surface area contributed by atoms with Gasteiger partial charge in [-0.2, -0.15) is 5.10 Å². The molecule has 5 nitrogen and oxygen atoms in total. The SMILES string of the molecule is Cc1c(C2CC(F)(F)C2)nn(C(C)(C)C)c1N(C(=O)OC1CC(F)C1)c1ccccc1. The lowest BCUT2D eigenvalue weighted by Gasteiger charge is -2.34. The van der Waals surface area contributed by atoms with E-state index in [0.717, 1.165) is 0 Å². The van der Waals surface area contributed by atoms with E-state index in [1.807, 2.05) is 26.8 Å². The number of alkyl halides is 3. The second-order valence-electron chi connectivity index (χ2n) is 9.62. The molecule has 2 fully saturated rings. The van der Waals surface area contributed by atoms with Gasteiger partial charge in [0.1, 0.15) is 18.1 Å². The summed E-state index contributed by atoms with van der Waals surface area (Å²) in [5.74, 6) is -2.54. The average molecular weight is 435 g/mol. The van der Waals surface area contributed by atoms with Crippen LogP contribution in [0.4, 0.5) is 29.5 Å². The van der Waals surface area contributed by atoms with Gasteiger partial charge in [0, 0.05) is 37.2 Å². The standard InChI is InChI=1S/C23H28F3N3O2/c1-14-19(15-12-23(25,26)13-15)27-29(22(2,3)4)20(14)28(17-8-6-5-7-9-17)21(30)31-18-10-16(24)11-18/h5-9,15-16,18H,10-13H2,1-4H3. The first-order valence-corrected chi connectivity index (χ1v) is 10.6. The lowest BCUT2D eigenvalue weighted by molar-refractivity contribution is -0.0878. The van der Waals surface area contributed by atoms with Crippen LogP contribution in [0.5, 0.6) is 0 Å². The smallest absolute Gasteiger partial charge is 0.420 e. The van der Waals surface area contributed by atoms with Crippen molar-refractivity contribution >= 4 is 17.6 Å². The van der Waals surface area contributed by atoms with E-state index in [0.29, 0.717) is 22.8 Å². The van der Waals surface area contributed by atoms with Crippen molar-refractivity contribution in [3.05, 3.63) is 41.6 Å². The van der Waals surface area contributed by atoms with E-state index in [4.69, 9.17) is 9.84 Å². The quantitative estimate of drug-likeness (QED) is 0.572. The summed E-state index contributed by atoms with van der Waals surface area (Å²) in [6.07, 6.45) is -2.15. The summed E-state index contributed by atoms with van der Waals surface area (Å²) in [4.78, 5) is 14.7. The van der Waals surface area contributed by atoms with Gasteiger partial charge in [0.05, 0.1) is 16.9 Å². The number of nitrogens with zero attached hydrogens (tertiary/aromatic N) is 3. The van der Waals surface area contributed by atoms with Crippen LogP contribution in [0.3, 0.4) is 0 Å². The molecule has 1 amide bonds. The fourth-order valence-corrected chi connectivity index (χ4v) is 4.16. The largest absolute Gasteiger partial charge is 0.445 e. The van der Waals surface area contributed by atoms with Crippen molar-refractivity contribution < 1.29 is 22.7 Å². The van der Waals surface area contributed by atoms with Crippen molar-refractivity contribution in [3.8, 4) is 0 Å². The van der Waals surface area contributed by atoms with E-state index in [2.05, 4.69) is 0 Å². The Kier molecular flexibility index (Phi) is 5.30. The summed E-state index contributed by atoms with van der Waals surface area (Å²) in [5, 5.41) is 4.70. The van der Waals surface area contributed by atoms with Crippen LogP contribution in [0, 0.1) is 6.92 Å². The number of aromatic nitrogens is 2. The van der Waals surface area contributed by atoms with Crippen molar-refractivity contribution in [2.45, 2.75) is 83.0 Å². The fraction of sp³-hybridized carbons (Fsp3) is 0.565. The molecule has 168 valence electrons. The summed E-state index contributed by atoms with van der Waals surface area (Å²) < 4.78 is 47.7. The third kappa shape index (κ3) is 4.16. The van der Waals surface area contributed by atoms with Crippen molar-refractivity contribution in [1.29, 1.82) is 0 Å². The minimum absolute atomic E-state index is 0.189. The number of benzene rings is 1. The minimum atomic E-state index is -2.67. The van der Waals surface area contributed by atoms with Gasteiger partial charge in [-0.3, -0.25) is 0 Å². The number of halogens is 3. The van der Waals surface area contributed by atoms with Gasteiger partial charge in [-0.05, 0) is 39.8 Å². The highest BCUT2D eigenvalue weighted by atomic mass is 19.3. The number of hydrogen-bond acceptors (Lipinski definition) is 3. The molecule has 2 aromatic rings. The van der Waals surface area contributed by atoms with Crippen LogP contribution in [0.2, 0.25) is 0 Å². The third-order valence-electron chi connectivity index (χ3n) is 5.95. The molecule has 2 aliphatic rings. The van der Waals surface area contributed by atoms with Gasteiger partial charge in [-0.15, -0.1) is 0 Å². The number of carbonyl (C=O) groups excluding carboxylic acids is 1. The second kappa shape index (κ2) is 7.57. The molecular weight excluding hydrogens is 407 g/mol. The van der Waals surface area contributed by atoms with E-state index >= 15 is 0 Å². The molecule has 0 atom stereocenters. The van der Waals surface area contributed by atoms with E-state index in [-0.39, 0.29) is 31.6 Å². The Labute approximate surface area is 180 Å². The van der Waals surface area contributed by atoms with Crippen LogP contribution in [-0.2, 0) is 10.3 Å². The second-order valence-corrected chi connectivity index (χ2v) is 9.62. The molecule has 8 heteroatoms. The fourth-order valence-electron chi connectivity index (χ4n) is 4.16. The number of carbonyl (C=O) groups is 1. The molecule has 1 aromatic heterocycles. The zero-order valence-electron chi connectivity index (χ0n) is 18.2. The van der Waals surface area contributed by atoms with E-state index in [1.54, 1.807) is 35.9 Å². The number of rotatable bonds is 4. The molecule has 2 aliphatic carbocycles. The molecule has 31 heavy (non-hydrogen) atoms. The highest BCUT2D eigenvalue weighted by Gasteiger charge is 2.48. The zero-order valence-corrected chi connectivity index (χ0v) is 18.2. The molecule has 0 unspecified atom stereocenters. The Balaban J connectivity index is 1.78. The van der Waals surface area contributed by atoms with E-state index in [9.17, 15) is 18.0 Å². The van der Waals surface area contributed by atoms with Crippen LogP contribution >= 0.6 is 0 Å². The maximum absolute atomic E-state index is 13.6. The minimum Gasteiger partial charge on any atom is -0.445 e. The molecule has 0 aliphatic heterocycles. The third-order valence-corrected chi connectivity index (χ3v) is 5.95. The first kappa shape index (κ1) is 21.7. The molecule has 0 saturated heterocycles. The van der Waals surface area contributed by atoms with Gasteiger partial charge in [-0.1, -0.05) is 18.2 Å². The van der Waals surface area contributed by atoms with Crippen molar-refractivity contribution in [2.24, 2.45) is 0 Å². The van der Waals surface area contributed by atoms with Crippen LogP contribution in [0.1, 0.15) is 63.6 Å². The first-order valence-electron chi connectivity index (χ1n) is 10.6. The summed E-state index contributed by atoms with van der Waals surface area (Å²) in [6, 6.07) is 8.99. The molecule has 1 aromatic carbocycles. The zero-order chi connectivity index (χ0) is 22.6. The average Bonchev–Trinajstić information content (AvgIpc) is 2.97. The lowest BCUT2D eigenvalue weighted by Crippen LogP contribution is -2.40. The summed E-state index contributed by atoms with van der Waals surface area (Å²) in [7, 11) is 0. The van der Waals surface area contributed by atoms with Gasteiger partial charge in [-0.25, -0.2) is 27.5 Å². The molecule has 0 radical (unpaired) electrons. The summed E-state index contributed by atoms with van der Waals surface area (Å²) in [5.41, 5.74) is 1.31. The van der Waals surface area contributed by atoms with Gasteiger partial charge in [0.25, 0.3) is 0 Å². The normalized spacial score (nSPS) is 23.1. The Morgan fingerprint density at radius 3 is 2.32 bits per heavy atom. The van der Waals surface area contributed by atoms with Gasteiger partial charge in [0.2, 0.25) is 5.92 Å².